The number of nitro benzene ring substituents is 1. The van der Waals surface area contributed by atoms with Gasteiger partial charge in [0, 0.05) is 5.69 Å². The standard InChI is InChI=1S/C16H15FN2O5/c1-10-3-4-11(17)7-13(10)18-16(20)9-24-15-6-5-12(23-2)8-14(15)19(21)22/h3-8H,9H2,1-2H3,(H,18,20). The number of carbonyl (C=O) groups is 1. The Kier molecular flexibility index (Phi) is 5.31. The minimum Gasteiger partial charge on any atom is -0.496 e. The van der Waals surface area contributed by atoms with Gasteiger partial charge in [-0.2, -0.15) is 0 Å². The third-order valence-corrected chi connectivity index (χ3v) is 3.20. The monoisotopic (exact) mass is 334 g/mol. The maximum atomic E-state index is 13.2. The van der Waals surface area contributed by atoms with E-state index in [1.807, 2.05) is 0 Å². The van der Waals surface area contributed by atoms with Gasteiger partial charge in [-0.1, -0.05) is 6.07 Å². The van der Waals surface area contributed by atoms with Crippen LogP contribution in [0.5, 0.6) is 11.5 Å². The normalized spacial score (nSPS) is 10.1. The summed E-state index contributed by atoms with van der Waals surface area (Å²) in [5.41, 5.74) is 0.678. The summed E-state index contributed by atoms with van der Waals surface area (Å²) >= 11 is 0. The second-order valence-electron chi connectivity index (χ2n) is 4.89. The van der Waals surface area contributed by atoms with Crippen LogP contribution in [0.2, 0.25) is 0 Å². The molecule has 0 aliphatic heterocycles. The van der Waals surface area contributed by atoms with E-state index >= 15 is 0 Å². The van der Waals surface area contributed by atoms with Crippen molar-refractivity contribution in [3.63, 3.8) is 0 Å². The van der Waals surface area contributed by atoms with Crippen LogP contribution in [0.15, 0.2) is 36.4 Å². The van der Waals surface area contributed by atoms with Gasteiger partial charge in [-0.3, -0.25) is 14.9 Å². The number of anilines is 1. The molecular formula is C16H15FN2O5. The van der Waals surface area contributed by atoms with Crippen molar-refractivity contribution in [2.75, 3.05) is 19.0 Å². The molecule has 0 radical (unpaired) electrons. The van der Waals surface area contributed by atoms with E-state index in [1.54, 1.807) is 6.92 Å². The molecule has 1 N–H and O–H groups in total. The fourth-order valence-corrected chi connectivity index (χ4v) is 1.95. The lowest BCUT2D eigenvalue weighted by Gasteiger charge is -2.10. The molecule has 0 heterocycles. The van der Waals surface area contributed by atoms with Gasteiger partial charge in [0.2, 0.25) is 0 Å². The van der Waals surface area contributed by atoms with Crippen LogP contribution in [0.3, 0.4) is 0 Å². The molecule has 2 rings (SSSR count). The highest BCUT2D eigenvalue weighted by atomic mass is 19.1. The number of methoxy groups -OCH3 is 1. The van der Waals surface area contributed by atoms with E-state index in [4.69, 9.17) is 9.47 Å². The van der Waals surface area contributed by atoms with Gasteiger partial charge < -0.3 is 14.8 Å². The molecule has 0 fully saturated rings. The molecule has 0 aromatic heterocycles. The Bertz CT molecular complexity index is 779. The van der Waals surface area contributed by atoms with E-state index in [9.17, 15) is 19.3 Å². The summed E-state index contributed by atoms with van der Waals surface area (Å²) in [5.74, 6) is -0.808. The van der Waals surface area contributed by atoms with Crippen LogP contribution >= 0.6 is 0 Å². The predicted molar refractivity (Wildman–Crippen MR) is 84.9 cm³/mol. The number of carbonyl (C=O) groups excluding carboxylic acids is 1. The van der Waals surface area contributed by atoms with Crippen LogP contribution < -0.4 is 14.8 Å². The van der Waals surface area contributed by atoms with Crippen molar-refractivity contribution in [2.24, 2.45) is 0 Å². The number of benzene rings is 2. The summed E-state index contributed by atoms with van der Waals surface area (Å²) < 4.78 is 23.3. The second kappa shape index (κ2) is 7.40. The third kappa shape index (κ3) is 4.19. The highest BCUT2D eigenvalue weighted by Gasteiger charge is 2.18. The molecule has 2 aromatic carbocycles. The van der Waals surface area contributed by atoms with E-state index in [2.05, 4.69) is 5.32 Å². The lowest BCUT2D eigenvalue weighted by atomic mass is 10.2. The summed E-state index contributed by atoms with van der Waals surface area (Å²) in [7, 11) is 1.38. The molecule has 24 heavy (non-hydrogen) atoms. The molecule has 0 saturated heterocycles. The van der Waals surface area contributed by atoms with Gasteiger partial charge >= 0.3 is 5.69 Å². The van der Waals surface area contributed by atoms with Crippen LogP contribution in [-0.4, -0.2) is 24.5 Å². The van der Waals surface area contributed by atoms with Crippen molar-refractivity contribution in [1.29, 1.82) is 0 Å². The van der Waals surface area contributed by atoms with E-state index in [0.29, 0.717) is 17.0 Å². The number of ether oxygens (including phenoxy) is 2. The van der Waals surface area contributed by atoms with Gasteiger partial charge in [0.25, 0.3) is 5.91 Å². The molecule has 0 aliphatic rings. The lowest BCUT2D eigenvalue weighted by Crippen LogP contribution is -2.21. The lowest BCUT2D eigenvalue weighted by molar-refractivity contribution is -0.385. The van der Waals surface area contributed by atoms with Crippen molar-refractivity contribution < 1.29 is 23.6 Å². The zero-order chi connectivity index (χ0) is 17.7. The Balaban J connectivity index is 2.06. The first kappa shape index (κ1) is 17.2. The molecular weight excluding hydrogens is 319 g/mol. The summed E-state index contributed by atoms with van der Waals surface area (Å²) in [5, 5.41) is 13.5. The maximum Gasteiger partial charge on any atom is 0.314 e. The Morgan fingerprint density at radius 3 is 2.71 bits per heavy atom. The molecule has 7 nitrogen and oxygen atoms in total. The van der Waals surface area contributed by atoms with Crippen LogP contribution in [-0.2, 0) is 4.79 Å². The fourth-order valence-electron chi connectivity index (χ4n) is 1.95. The molecule has 0 aliphatic carbocycles. The highest BCUT2D eigenvalue weighted by Crippen LogP contribution is 2.31. The Hall–Kier alpha value is -3.16. The topological polar surface area (TPSA) is 90.7 Å². The number of halogens is 1. The van der Waals surface area contributed by atoms with Crippen molar-refractivity contribution in [3.8, 4) is 11.5 Å². The number of rotatable bonds is 6. The van der Waals surface area contributed by atoms with Crippen LogP contribution in [0, 0.1) is 22.9 Å². The van der Waals surface area contributed by atoms with Gasteiger partial charge in [-0.15, -0.1) is 0 Å². The average molecular weight is 334 g/mol. The molecule has 8 heteroatoms. The molecule has 0 spiro atoms. The van der Waals surface area contributed by atoms with Crippen molar-refractivity contribution >= 4 is 17.3 Å². The molecule has 0 bridgehead atoms. The van der Waals surface area contributed by atoms with Gasteiger partial charge in [0.1, 0.15) is 11.6 Å². The van der Waals surface area contributed by atoms with E-state index in [0.717, 1.165) is 0 Å². The number of hydrogen-bond acceptors (Lipinski definition) is 5. The Labute approximate surface area is 137 Å². The minimum atomic E-state index is -0.632. The highest BCUT2D eigenvalue weighted by molar-refractivity contribution is 5.92. The summed E-state index contributed by atoms with van der Waals surface area (Å²) in [6, 6.07) is 8.02. The number of nitrogens with one attached hydrogen (secondary N) is 1. The number of nitro groups is 1. The van der Waals surface area contributed by atoms with Crippen LogP contribution in [0.4, 0.5) is 15.8 Å². The molecule has 2 aromatic rings. The zero-order valence-corrected chi connectivity index (χ0v) is 13.0. The van der Waals surface area contributed by atoms with Gasteiger partial charge in [0.05, 0.1) is 18.1 Å². The third-order valence-electron chi connectivity index (χ3n) is 3.20. The number of amides is 1. The number of aryl methyl sites for hydroxylation is 1. The van der Waals surface area contributed by atoms with Gasteiger partial charge in [-0.25, -0.2) is 4.39 Å². The van der Waals surface area contributed by atoms with Gasteiger partial charge in [-0.05, 0) is 36.8 Å². The predicted octanol–water partition coefficient (Wildman–Crippen LogP) is 3.07. The van der Waals surface area contributed by atoms with Crippen LogP contribution in [0.1, 0.15) is 5.56 Å². The summed E-state index contributed by atoms with van der Waals surface area (Å²) in [6.07, 6.45) is 0. The Morgan fingerprint density at radius 2 is 2.04 bits per heavy atom. The molecule has 0 saturated carbocycles. The SMILES string of the molecule is COc1ccc(OCC(=O)Nc2cc(F)ccc2C)c([N+](=O)[O-])c1. The number of hydrogen-bond donors (Lipinski definition) is 1. The first-order chi connectivity index (χ1) is 11.4. The molecule has 0 atom stereocenters. The fraction of sp³-hybridized carbons (Fsp3) is 0.188. The zero-order valence-electron chi connectivity index (χ0n) is 13.0. The van der Waals surface area contributed by atoms with Crippen molar-refractivity contribution in [2.45, 2.75) is 6.92 Å². The smallest absolute Gasteiger partial charge is 0.314 e. The second-order valence-corrected chi connectivity index (χ2v) is 4.89. The van der Waals surface area contributed by atoms with E-state index in [1.165, 1.54) is 43.5 Å². The van der Waals surface area contributed by atoms with E-state index in [-0.39, 0.29) is 11.4 Å². The van der Waals surface area contributed by atoms with Gasteiger partial charge in [0.15, 0.2) is 12.4 Å². The first-order valence-corrected chi connectivity index (χ1v) is 6.92. The average Bonchev–Trinajstić information content (AvgIpc) is 2.56. The quantitative estimate of drug-likeness (QED) is 0.647. The van der Waals surface area contributed by atoms with E-state index < -0.39 is 23.3 Å². The largest absolute Gasteiger partial charge is 0.496 e. The van der Waals surface area contributed by atoms with Crippen molar-refractivity contribution in [1.82, 2.24) is 0 Å². The maximum absolute atomic E-state index is 13.2. The van der Waals surface area contributed by atoms with Crippen molar-refractivity contribution in [3.05, 3.63) is 57.9 Å². The number of nitrogens with zero attached hydrogens (tertiary/aromatic N) is 1. The molecule has 0 unspecified atom stereocenters. The Morgan fingerprint density at radius 1 is 1.29 bits per heavy atom. The minimum absolute atomic E-state index is 0.0630. The summed E-state index contributed by atoms with van der Waals surface area (Å²) in [4.78, 5) is 22.3. The molecule has 126 valence electrons. The van der Waals surface area contributed by atoms with Crippen LogP contribution in [0.25, 0.3) is 0 Å². The molecule has 1 amide bonds. The first-order valence-electron chi connectivity index (χ1n) is 6.92. The summed E-state index contributed by atoms with van der Waals surface area (Å²) in [6.45, 7) is 1.26.